The molecule has 0 N–H and O–H groups in total. The van der Waals surface area contributed by atoms with E-state index in [9.17, 15) is 24.1 Å². The third-order valence-corrected chi connectivity index (χ3v) is 5.13. The molecule has 3 aromatic rings. The maximum absolute atomic E-state index is 14.8. The summed E-state index contributed by atoms with van der Waals surface area (Å²) in [6, 6.07) is 11.8. The average Bonchev–Trinajstić information content (AvgIpc) is 3.22. The van der Waals surface area contributed by atoms with Crippen LogP contribution in [0.2, 0.25) is 0 Å². The molecular formula is C23H8F2N4O. The second kappa shape index (κ2) is 6.26. The van der Waals surface area contributed by atoms with E-state index in [0.717, 1.165) is 6.07 Å². The van der Waals surface area contributed by atoms with Crippen molar-refractivity contribution in [1.82, 2.24) is 9.97 Å². The zero-order chi connectivity index (χ0) is 21.0. The molecule has 0 unspecified atom stereocenters. The molecule has 2 aromatic heterocycles. The van der Waals surface area contributed by atoms with Crippen LogP contribution in [0.3, 0.4) is 0 Å². The first kappa shape index (κ1) is 17.6. The maximum Gasteiger partial charge on any atom is 0.195 e. The summed E-state index contributed by atoms with van der Waals surface area (Å²) in [5.41, 5.74) is 1.50. The number of carbonyl (C=O) groups is 1. The number of nitriles is 2. The van der Waals surface area contributed by atoms with Gasteiger partial charge in [-0.3, -0.25) is 14.8 Å². The topological polar surface area (TPSA) is 90.4 Å². The number of nitrogens with zero attached hydrogens (tertiary/aromatic N) is 4. The highest BCUT2D eigenvalue weighted by molar-refractivity contribution is 6.33. The molecule has 0 spiro atoms. The number of aromatic nitrogens is 2. The first-order chi connectivity index (χ1) is 14.6. The highest BCUT2D eigenvalue weighted by Crippen LogP contribution is 2.50. The molecule has 0 aliphatic heterocycles. The molecule has 0 amide bonds. The number of ketones is 1. The minimum absolute atomic E-state index is 0.0337. The van der Waals surface area contributed by atoms with Gasteiger partial charge in [0.2, 0.25) is 0 Å². The van der Waals surface area contributed by atoms with E-state index >= 15 is 0 Å². The number of hydrogen-bond donors (Lipinski definition) is 0. The number of allylic oxidation sites excluding steroid dienone is 3. The van der Waals surface area contributed by atoms with Gasteiger partial charge in [0.15, 0.2) is 5.78 Å². The van der Waals surface area contributed by atoms with Crippen LogP contribution in [-0.4, -0.2) is 15.8 Å². The average molecular weight is 394 g/mol. The Balaban J connectivity index is 1.99. The first-order valence-corrected chi connectivity index (χ1v) is 8.81. The van der Waals surface area contributed by atoms with Gasteiger partial charge in [-0.1, -0.05) is 12.1 Å². The minimum Gasteiger partial charge on any atom is -0.289 e. The van der Waals surface area contributed by atoms with Crippen LogP contribution in [0.4, 0.5) is 8.78 Å². The van der Waals surface area contributed by atoms with Crippen LogP contribution in [0.25, 0.3) is 22.5 Å². The van der Waals surface area contributed by atoms with Gasteiger partial charge in [-0.2, -0.15) is 10.5 Å². The highest BCUT2D eigenvalue weighted by atomic mass is 19.1. The van der Waals surface area contributed by atoms with E-state index in [-0.39, 0.29) is 22.3 Å². The number of pyridine rings is 2. The second-order valence-electron chi connectivity index (χ2n) is 6.66. The van der Waals surface area contributed by atoms with Crippen molar-refractivity contribution in [2.45, 2.75) is 0 Å². The largest absolute Gasteiger partial charge is 0.289 e. The number of rotatable bonds is 0. The van der Waals surface area contributed by atoms with Gasteiger partial charge in [0.05, 0.1) is 11.4 Å². The molecule has 2 aliphatic rings. The first-order valence-electron chi connectivity index (χ1n) is 8.81. The standard InChI is InChI=1S/C23H8F2N4O/c24-12-7-15-19(16(25)8-12)17(11(9-26)10-27)20(23(15)30)18-13-3-1-5-28-21(13)22-14(18)4-2-6-29-22/h1-8H. The Kier molecular flexibility index (Phi) is 3.67. The number of carbonyl (C=O) groups excluding carboxylic acids is 1. The van der Waals surface area contributed by atoms with Crippen LogP contribution in [-0.2, 0) is 0 Å². The van der Waals surface area contributed by atoms with Gasteiger partial charge in [-0.15, -0.1) is 0 Å². The summed E-state index contributed by atoms with van der Waals surface area (Å²) in [6.45, 7) is 0. The molecule has 140 valence electrons. The highest BCUT2D eigenvalue weighted by Gasteiger charge is 2.41. The van der Waals surface area contributed by atoms with Crippen molar-refractivity contribution >= 4 is 16.9 Å². The van der Waals surface area contributed by atoms with Crippen molar-refractivity contribution in [2.75, 3.05) is 0 Å². The molecule has 0 fully saturated rings. The predicted octanol–water partition coefficient (Wildman–Crippen LogP) is 4.23. The fourth-order valence-electron chi connectivity index (χ4n) is 4.01. The van der Waals surface area contributed by atoms with Crippen LogP contribution in [0.5, 0.6) is 0 Å². The Bertz CT molecular complexity index is 1390. The quantitative estimate of drug-likeness (QED) is 0.329. The van der Waals surface area contributed by atoms with Crippen LogP contribution in [0.15, 0.2) is 59.9 Å². The molecule has 7 heteroatoms. The third-order valence-electron chi connectivity index (χ3n) is 5.13. The van der Waals surface area contributed by atoms with Gasteiger partial charge in [0, 0.05) is 57.4 Å². The van der Waals surface area contributed by atoms with Crippen molar-refractivity contribution < 1.29 is 13.6 Å². The van der Waals surface area contributed by atoms with Crippen LogP contribution in [0.1, 0.15) is 27.0 Å². The van der Waals surface area contributed by atoms with Crippen molar-refractivity contribution in [2.24, 2.45) is 0 Å². The van der Waals surface area contributed by atoms with Gasteiger partial charge in [0.25, 0.3) is 0 Å². The van der Waals surface area contributed by atoms with Gasteiger partial charge in [-0.05, 0) is 18.2 Å². The van der Waals surface area contributed by atoms with Crippen molar-refractivity contribution in [3.05, 3.63) is 93.8 Å². The Morgan fingerprint density at radius 1 is 0.867 bits per heavy atom. The van der Waals surface area contributed by atoms with Crippen LogP contribution >= 0.6 is 0 Å². The summed E-state index contributed by atoms with van der Waals surface area (Å²) in [4.78, 5) is 22.1. The van der Waals surface area contributed by atoms with Gasteiger partial charge in [-0.25, -0.2) is 8.78 Å². The SMILES string of the molecule is N#CC(C#N)=C1C(=C2c3cccnc3-c3ncccc32)C(=O)c2cc(F)cc(F)c21. The fourth-order valence-corrected chi connectivity index (χ4v) is 4.01. The number of Topliss-reactive ketones (excluding diaryl/α,β-unsaturated/α-hetero) is 1. The Morgan fingerprint density at radius 2 is 1.47 bits per heavy atom. The molecule has 2 heterocycles. The summed E-state index contributed by atoms with van der Waals surface area (Å²) in [5.74, 6) is -2.60. The summed E-state index contributed by atoms with van der Waals surface area (Å²) < 4.78 is 28.7. The van der Waals surface area contributed by atoms with Crippen LogP contribution < -0.4 is 0 Å². The van der Waals surface area contributed by atoms with E-state index in [4.69, 9.17) is 0 Å². The Morgan fingerprint density at radius 3 is 2.03 bits per heavy atom. The summed E-state index contributed by atoms with van der Waals surface area (Å²) in [7, 11) is 0. The third kappa shape index (κ3) is 2.20. The second-order valence-corrected chi connectivity index (χ2v) is 6.66. The van der Waals surface area contributed by atoms with E-state index in [2.05, 4.69) is 9.97 Å². The van der Waals surface area contributed by atoms with Crippen molar-refractivity contribution in [3.63, 3.8) is 0 Å². The van der Waals surface area contributed by atoms with E-state index in [1.54, 1.807) is 48.8 Å². The van der Waals surface area contributed by atoms with E-state index < -0.39 is 23.0 Å². The fraction of sp³-hybridized carbons (Fsp3) is 0. The number of fused-ring (bicyclic) bond motifs is 4. The Labute approximate surface area is 168 Å². The monoisotopic (exact) mass is 394 g/mol. The van der Waals surface area contributed by atoms with Gasteiger partial charge < -0.3 is 0 Å². The summed E-state index contributed by atoms with van der Waals surface area (Å²) in [6.07, 6.45) is 3.16. The molecule has 5 rings (SSSR count). The zero-order valence-corrected chi connectivity index (χ0v) is 15.1. The number of halogens is 2. The zero-order valence-electron chi connectivity index (χ0n) is 15.1. The molecule has 0 bridgehead atoms. The van der Waals surface area contributed by atoms with Crippen molar-refractivity contribution in [3.8, 4) is 23.5 Å². The van der Waals surface area contributed by atoms with Gasteiger partial charge >= 0.3 is 0 Å². The summed E-state index contributed by atoms with van der Waals surface area (Å²) >= 11 is 0. The van der Waals surface area contributed by atoms with E-state index in [0.29, 0.717) is 34.2 Å². The molecule has 1 aromatic carbocycles. The molecular weight excluding hydrogens is 386 g/mol. The lowest BCUT2D eigenvalue weighted by Crippen LogP contribution is -2.01. The number of benzene rings is 1. The lowest BCUT2D eigenvalue weighted by molar-refractivity contribution is 0.104. The summed E-state index contributed by atoms with van der Waals surface area (Å²) in [5, 5.41) is 19.0. The smallest absolute Gasteiger partial charge is 0.195 e. The number of hydrogen-bond acceptors (Lipinski definition) is 5. The molecule has 0 saturated heterocycles. The van der Waals surface area contributed by atoms with Gasteiger partial charge in [0.1, 0.15) is 29.3 Å². The minimum atomic E-state index is -1.01. The lowest BCUT2D eigenvalue weighted by Gasteiger charge is -2.09. The Hall–Kier alpha value is -4.49. The predicted molar refractivity (Wildman–Crippen MR) is 102 cm³/mol. The molecule has 30 heavy (non-hydrogen) atoms. The molecule has 0 atom stereocenters. The van der Waals surface area contributed by atoms with E-state index in [1.807, 2.05) is 0 Å². The van der Waals surface area contributed by atoms with Crippen LogP contribution in [0, 0.1) is 34.3 Å². The molecule has 0 radical (unpaired) electrons. The lowest BCUT2D eigenvalue weighted by atomic mass is 9.91. The molecule has 5 nitrogen and oxygen atoms in total. The maximum atomic E-state index is 14.8. The van der Waals surface area contributed by atoms with Crippen molar-refractivity contribution in [1.29, 1.82) is 10.5 Å². The normalized spacial score (nSPS) is 13.5. The molecule has 0 saturated carbocycles. The van der Waals surface area contributed by atoms with E-state index in [1.165, 1.54) is 0 Å². The molecule has 2 aliphatic carbocycles.